The molecule has 5 heteroatoms. The number of nitrogens with one attached hydrogen (secondary N) is 1. The molecule has 0 saturated carbocycles. The Morgan fingerprint density at radius 3 is 2.73 bits per heavy atom. The van der Waals surface area contributed by atoms with Crippen molar-refractivity contribution in [3.8, 4) is 6.07 Å². The predicted molar refractivity (Wildman–Crippen MR) is 89.0 cm³/mol. The molecule has 1 heterocycles. The molecule has 0 aliphatic carbocycles. The minimum Gasteiger partial charge on any atom is -0.301 e. The average molecular weight is 313 g/mol. The van der Waals surface area contributed by atoms with Crippen LogP contribution in [0.1, 0.15) is 30.2 Å². The van der Waals surface area contributed by atoms with E-state index in [1.807, 2.05) is 38.1 Å². The van der Waals surface area contributed by atoms with E-state index in [1.165, 1.54) is 23.4 Å². The van der Waals surface area contributed by atoms with Crippen molar-refractivity contribution in [1.82, 2.24) is 9.97 Å². The van der Waals surface area contributed by atoms with Crippen molar-refractivity contribution in [3.63, 3.8) is 0 Å². The number of nitriles is 1. The van der Waals surface area contributed by atoms with Crippen LogP contribution in [0.25, 0.3) is 0 Å². The summed E-state index contributed by atoms with van der Waals surface area (Å²) >= 11 is 1.31. The van der Waals surface area contributed by atoms with E-state index in [2.05, 4.69) is 16.0 Å². The summed E-state index contributed by atoms with van der Waals surface area (Å²) in [6.07, 6.45) is 2.33. The summed E-state index contributed by atoms with van der Waals surface area (Å²) in [6.45, 7) is 4.08. The topological polar surface area (TPSA) is 69.5 Å². The molecule has 2 aromatic rings. The fraction of sp³-hybridized carbons (Fsp3) is 0.353. The van der Waals surface area contributed by atoms with Crippen LogP contribution in [0, 0.1) is 18.3 Å². The Kier molecular flexibility index (Phi) is 5.79. The maximum atomic E-state index is 11.7. The van der Waals surface area contributed by atoms with Crippen LogP contribution >= 0.6 is 11.8 Å². The SMILES string of the molecule is CCCc1cc(=O)[nH]c(S[C@@H](C#N)Cc2ccc(C)cc2)n1. The van der Waals surface area contributed by atoms with Crippen molar-refractivity contribution in [1.29, 1.82) is 5.26 Å². The second-order valence-corrected chi connectivity index (χ2v) is 6.41. The van der Waals surface area contributed by atoms with Crippen LogP contribution in [-0.2, 0) is 12.8 Å². The van der Waals surface area contributed by atoms with Gasteiger partial charge in [0.1, 0.15) is 5.25 Å². The van der Waals surface area contributed by atoms with Gasteiger partial charge in [-0.2, -0.15) is 5.26 Å². The molecule has 0 aliphatic rings. The fourth-order valence-electron chi connectivity index (χ4n) is 2.11. The first-order valence-corrected chi connectivity index (χ1v) is 8.20. The third-order valence-electron chi connectivity index (χ3n) is 3.22. The van der Waals surface area contributed by atoms with Crippen molar-refractivity contribution in [3.05, 3.63) is 57.5 Å². The molecule has 114 valence electrons. The van der Waals surface area contributed by atoms with Gasteiger partial charge in [0.25, 0.3) is 5.56 Å². The molecule has 0 saturated heterocycles. The number of aryl methyl sites for hydroxylation is 2. The molecule has 0 spiro atoms. The summed E-state index contributed by atoms with van der Waals surface area (Å²) in [5.41, 5.74) is 2.92. The van der Waals surface area contributed by atoms with Gasteiger partial charge in [0.2, 0.25) is 0 Å². The highest BCUT2D eigenvalue weighted by molar-refractivity contribution is 8.00. The minimum absolute atomic E-state index is 0.159. The van der Waals surface area contributed by atoms with E-state index in [1.54, 1.807) is 0 Å². The zero-order chi connectivity index (χ0) is 15.9. The van der Waals surface area contributed by atoms with Crippen molar-refractivity contribution in [2.45, 2.75) is 43.5 Å². The van der Waals surface area contributed by atoms with Crippen molar-refractivity contribution < 1.29 is 0 Å². The zero-order valence-electron chi connectivity index (χ0n) is 12.8. The van der Waals surface area contributed by atoms with Gasteiger partial charge in [-0.15, -0.1) is 0 Å². The molecule has 0 bridgehead atoms. The molecule has 1 atom stereocenters. The largest absolute Gasteiger partial charge is 0.301 e. The van der Waals surface area contributed by atoms with Crippen LogP contribution in [0.3, 0.4) is 0 Å². The van der Waals surface area contributed by atoms with Crippen LogP contribution in [0.15, 0.2) is 40.3 Å². The number of thioether (sulfide) groups is 1. The highest BCUT2D eigenvalue weighted by Gasteiger charge is 2.13. The molecule has 0 aliphatic heterocycles. The van der Waals surface area contributed by atoms with Crippen LogP contribution in [-0.4, -0.2) is 15.2 Å². The molecule has 0 radical (unpaired) electrons. The number of rotatable bonds is 6. The normalized spacial score (nSPS) is 11.9. The second kappa shape index (κ2) is 7.81. The van der Waals surface area contributed by atoms with E-state index >= 15 is 0 Å². The predicted octanol–water partition coefficient (Wildman–Crippen LogP) is 3.26. The second-order valence-electron chi connectivity index (χ2n) is 5.22. The first-order valence-electron chi connectivity index (χ1n) is 7.32. The van der Waals surface area contributed by atoms with Gasteiger partial charge in [-0.1, -0.05) is 54.9 Å². The first-order chi connectivity index (χ1) is 10.6. The summed E-state index contributed by atoms with van der Waals surface area (Å²) in [6, 6.07) is 11.9. The van der Waals surface area contributed by atoms with Gasteiger partial charge in [0.05, 0.1) is 6.07 Å². The lowest BCUT2D eigenvalue weighted by Gasteiger charge is -2.09. The number of aromatic nitrogens is 2. The van der Waals surface area contributed by atoms with Gasteiger partial charge in [-0.05, 0) is 25.3 Å². The Balaban J connectivity index is 2.11. The fourth-order valence-corrected chi connectivity index (χ4v) is 3.04. The summed E-state index contributed by atoms with van der Waals surface area (Å²) in [7, 11) is 0. The van der Waals surface area contributed by atoms with Crippen molar-refractivity contribution in [2.75, 3.05) is 0 Å². The maximum absolute atomic E-state index is 11.7. The molecule has 0 amide bonds. The molecule has 22 heavy (non-hydrogen) atoms. The van der Waals surface area contributed by atoms with E-state index in [0.717, 1.165) is 24.1 Å². The molecule has 0 unspecified atom stereocenters. The number of benzene rings is 1. The molecule has 1 aromatic carbocycles. The quantitative estimate of drug-likeness (QED) is 0.656. The summed E-state index contributed by atoms with van der Waals surface area (Å²) < 4.78 is 0. The summed E-state index contributed by atoms with van der Waals surface area (Å²) in [5, 5.41) is 9.60. The molecule has 1 N–H and O–H groups in total. The Morgan fingerprint density at radius 1 is 1.36 bits per heavy atom. The lowest BCUT2D eigenvalue weighted by molar-refractivity contribution is 0.813. The highest BCUT2D eigenvalue weighted by Crippen LogP contribution is 2.22. The van der Waals surface area contributed by atoms with E-state index in [4.69, 9.17) is 0 Å². The van der Waals surface area contributed by atoms with Crippen LogP contribution in [0.4, 0.5) is 0 Å². The maximum Gasteiger partial charge on any atom is 0.251 e. The lowest BCUT2D eigenvalue weighted by Crippen LogP contribution is -2.12. The van der Waals surface area contributed by atoms with Crippen molar-refractivity contribution >= 4 is 11.8 Å². The Hall–Kier alpha value is -2.06. The van der Waals surface area contributed by atoms with E-state index < -0.39 is 0 Å². The molecular formula is C17H19N3OS. The van der Waals surface area contributed by atoms with Gasteiger partial charge in [0, 0.05) is 11.8 Å². The Morgan fingerprint density at radius 2 is 2.09 bits per heavy atom. The van der Waals surface area contributed by atoms with Gasteiger partial charge in [0.15, 0.2) is 5.16 Å². The minimum atomic E-state index is -0.275. The highest BCUT2D eigenvalue weighted by atomic mass is 32.2. The number of H-pyrrole nitrogens is 1. The smallest absolute Gasteiger partial charge is 0.251 e. The Bertz CT molecular complexity index is 716. The van der Waals surface area contributed by atoms with Crippen LogP contribution in [0.2, 0.25) is 0 Å². The standard InChI is InChI=1S/C17H19N3OS/c1-3-4-14-10-16(21)20-17(19-14)22-15(11-18)9-13-7-5-12(2)6-8-13/h5-8,10,15H,3-4,9H2,1-2H3,(H,19,20,21)/t15-/m1/s1. The van der Waals surface area contributed by atoms with E-state index in [-0.39, 0.29) is 10.8 Å². The number of hydrogen-bond donors (Lipinski definition) is 1. The Labute approximate surface area is 134 Å². The van der Waals surface area contributed by atoms with Gasteiger partial charge < -0.3 is 4.98 Å². The number of aromatic amines is 1. The van der Waals surface area contributed by atoms with E-state index in [9.17, 15) is 10.1 Å². The van der Waals surface area contributed by atoms with Gasteiger partial charge >= 0.3 is 0 Å². The molecule has 4 nitrogen and oxygen atoms in total. The third kappa shape index (κ3) is 4.74. The van der Waals surface area contributed by atoms with Gasteiger partial charge in [-0.25, -0.2) is 4.98 Å². The van der Waals surface area contributed by atoms with E-state index in [0.29, 0.717) is 11.6 Å². The monoisotopic (exact) mass is 313 g/mol. The summed E-state index contributed by atoms with van der Waals surface area (Å²) in [4.78, 5) is 18.8. The first kappa shape index (κ1) is 16.3. The molecular weight excluding hydrogens is 294 g/mol. The average Bonchev–Trinajstić information content (AvgIpc) is 2.48. The van der Waals surface area contributed by atoms with Crippen LogP contribution in [0.5, 0.6) is 0 Å². The molecule has 2 rings (SSSR count). The van der Waals surface area contributed by atoms with Crippen molar-refractivity contribution in [2.24, 2.45) is 0 Å². The lowest BCUT2D eigenvalue weighted by atomic mass is 10.1. The van der Waals surface area contributed by atoms with Crippen LogP contribution < -0.4 is 5.56 Å². The number of hydrogen-bond acceptors (Lipinski definition) is 4. The number of nitrogens with zero attached hydrogens (tertiary/aromatic N) is 2. The zero-order valence-corrected chi connectivity index (χ0v) is 13.6. The summed E-state index contributed by atoms with van der Waals surface area (Å²) in [5.74, 6) is 0. The molecule has 1 aromatic heterocycles. The third-order valence-corrected chi connectivity index (χ3v) is 4.19. The molecule has 0 fully saturated rings. The van der Waals surface area contributed by atoms with Gasteiger partial charge in [-0.3, -0.25) is 4.79 Å².